The Kier molecular flexibility index (Phi) is 7.11. The molecule has 2 nitrogen and oxygen atoms in total. The van der Waals surface area contributed by atoms with Crippen LogP contribution in [0.25, 0.3) is 11.6 Å². The Labute approximate surface area is 175 Å². The highest BCUT2D eigenvalue weighted by Crippen LogP contribution is 2.32. The van der Waals surface area contributed by atoms with Crippen LogP contribution >= 0.6 is 0 Å². The molecule has 1 atom stereocenters. The summed E-state index contributed by atoms with van der Waals surface area (Å²) in [5, 5.41) is 10.1. The molecule has 1 unspecified atom stereocenters. The van der Waals surface area contributed by atoms with Crippen LogP contribution in [-0.4, -0.2) is 17.8 Å². The normalized spacial score (nSPS) is 16.7. The van der Waals surface area contributed by atoms with E-state index in [9.17, 15) is 5.11 Å². The maximum Gasteiger partial charge on any atom is 0.121 e. The molecule has 0 saturated heterocycles. The first-order chi connectivity index (χ1) is 14.0. The molecule has 3 rings (SSSR count). The number of benzene rings is 2. The number of hydrogen-bond donors (Lipinski definition) is 1. The summed E-state index contributed by atoms with van der Waals surface area (Å²) in [5.41, 5.74) is 7.95. The second kappa shape index (κ2) is 9.76. The molecular weight excluding hydrogens is 356 g/mol. The van der Waals surface area contributed by atoms with E-state index in [1.165, 1.54) is 22.3 Å². The SMILES string of the molecule is C=C(CCC)C1=CCOC1CC/C(=C/c1cc(C)c(O)c(C)c1)c1ccccc1. The van der Waals surface area contributed by atoms with Crippen LogP contribution in [0.15, 0.2) is 66.3 Å². The van der Waals surface area contributed by atoms with Gasteiger partial charge in [-0.1, -0.05) is 62.4 Å². The van der Waals surface area contributed by atoms with Crippen LogP contribution in [0.4, 0.5) is 0 Å². The topological polar surface area (TPSA) is 29.5 Å². The van der Waals surface area contributed by atoms with Crippen LogP contribution in [0.5, 0.6) is 5.75 Å². The van der Waals surface area contributed by atoms with Crippen molar-refractivity contribution < 1.29 is 9.84 Å². The third kappa shape index (κ3) is 5.27. The van der Waals surface area contributed by atoms with Gasteiger partial charge in [0.25, 0.3) is 0 Å². The van der Waals surface area contributed by atoms with Crippen molar-refractivity contribution in [3.05, 3.63) is 88.5 Å². The molecule has 0 fully saturated rings. The van der Waals surface area contributed by atoms with E-state index < -0.39 is 0 Å². The zero-order valence-electron chi connectivity index (χ0n) is 17.9. The van der Waals surface area contributed by atoms with Gasteiger partial charge in [-0.3, -0.25) is 0 Å². The number of aromatic hydroxyl groups is 1. The molecule has 0 saturated carbocycles. The van der Waals surface area contributed by atoms with E-state index in [-0.39, 0.29) is 6.10 Å². The Morgan fingerprint density at radius 2 is 1.83 bits per heavy atom. The second-order valence-corrected chi connectivity index (χ2v) is 7.91. The van der Waals surface area contributed by atoms with Gasteiger partial charge in [-0.15, -0.1) is 0 Å². The van der Waals surface area contributed by atoms with Gasteiger partial charge in [0.15, 0.2) is 0 Å². The zero-order chi connectivity index (χ0) is 20.8. The molecule has 0 aliphatic carbocycles. The van der Waals surface area contributed by atoms with Crippen molar-refractivity contribution >= 4 is 11.6 Å². The van der Waals surface area contributed by atoms with E-state index in [1.807, 2.05) is 32.0 Å². The zero-order valence-corrected chi connectivity index (χ0v) is 17.9. The molecule has 0 amide bonds. The van der Waals surface area contributed by atoms with Crippen LogP contribution in [-0.2, 0) is 4.74 Å². The van der Waals surface area contributed by atoms with Crippen molar-refractivity contribution in [1.29, 1.82) is 0 Å². The third-order valence-corrected chi connectivity index (χ3v) is 5.58. The van der Waals surface area contributed by atoms with Crippen molar-refractivity contribution in [2.75, 3.05) is 6.61 Å². The van der Waals surface area contributed by atoms with Crippen LogP contribution < -0.4 is 0 Å². The summed E-state index contributed by atoms with van der Waals surface area (Å²) in [5.74, 6) is 0.381. The minimum Gasteiger partial charge on any atom is -0.507 e. The van der Waals surface area contributed by atoms with Gasteiger partial charge in [0.05, 0.1) is 12.7 Å². The molecule has 0 spiro atoms. The van der Waals surface area contributed by atoms with Gasteiger partial charge in [-0.2, -0.15) is 0 Å². The molecule has 0 radical (unpaired) electrons. The Morgan fingerprint density at radius 1 is 1.14 bits per heavy atom. The van der Waals surface area contributed by atoms with Gasteiger partial charge in [0.2, 0.25) is 0 Å². The molecule has 1 N–H and O–H groups in total. The summed E-state index contributed by atoms with van der Waals surface area (Å²) in [7, 11) is 0. The quantitative estimate of drug-likeness (QED) is 0.493. The maximum absolute atomic E-state index is 10.1. The summed E-state index contributed by atoms with van der Waals surface area (Å²) < 4.78 is 6.01. The van der Waals surface area contributed by atoms with Crippen LogP contribution in [0.1, 0.15) is 54.9 Å². The first kappa shape index (κ1) is 21.1. The van der Waals surface area contributed by atoms with Crippen LogP contribution in [0.2, 0.25) is 0 Å². The molecule has 2 heteroatoms. The molecule has 0 bridgehead atoms. The van der Waals surface area contributed by atoms with Crippen LogP contribution in [0.3, 0.4) is 0 Å². The molecule has 2 aromatic carbocycles. The molecule has 152 valence electrons. The minimum atomic E-state index is 0.129. The lowest BCUT2D eigenvalue weighted by atomic mass is 9.92. The number of ether oxygens (including phenoxy) is 1. The fraction of sp³-hybridized carbons (Fsp3) is 0.333. The fourth-order valence-corrected chi connectivity index (χ4v) is 4.04. The first-order valence-corrected chi connectivity index (χ1v) is 10.6. The van der Waals surface area contributed by atoms with E-state index in [2.05, 4.69) is 49.9 Å². The predicted octanol–water partition coefficient (Wildman–Crippen LogP) is 7.01. The standard InChI is InChI=1S/C27H32O2/c1-5-9-19(2)25-14-15-29-26(25)13-12-24(23-10-7-6-8-11-23)18-22-16-20(3)27(28)21(4)17-22/h6-8,10-11,14,16-18,26,28H,2,5,9,12-13,15H2,1,3-4H3/b24-18-. The van der Waals surface area contributed by atoms with Gasteiger partial charge >= 0.3 is 0 Å². The van der Waals surface area contributed by atoms with Crippen molar-refractivity contribution in [3.63, 3.8) is 0 Å². The lowest BCUT2D eigenvalue weighted by molar-refractivity contribution is 0.117. The van der Waals surface area contributed by atoms with Crippen molar-refractivity contribution in [2.45, 2.75) is 52.6 Å². The van der Waals surface area contributed by atoms with Crippen molar-refractivity contribution in [3.8, 4) is 5.75 Å². The Morgan fingerprint density at radius 3 is 2.48 bits per heavy atom. The summed E-state index contributed by atoms with van der Waals surface area (Å²) >= 11 is 0. The summed E-state index contributed by atoms with van der Waals surface area (Å²) in [6, 6.07) is 14.6. The maximum atomic E-state index is 10.1. The van der Waals surface area contributed by atoms with E-state index in [0.717, 1.165) is 42.4 Å². The first-order valence-electron chi connectivity index (χ1n) is 10.6. The van der Waals surface area contributed by atoms with Gasteiger partial charge in [-0.25, -0.2) is 0 Å². The van der Waals surface area contributed by atoms with Gasteiger partial charge in [-0.05, 0) is 84.2 Å². The fourth-order valence-electron chi connectivity index (χ4n) is 4.04. The van der Waals surface area contributed by atoms with E-state index in [0.29, 0.717) is 12.4 Å². The van der Waals surface area contributed by atoms with Crippen LogP contribution in [0, 0.1) is 13.8 Å². The van der Waals surface area contributed by atoms with Crippen molar-refractivity contribution in [1.82, 2.24) is 0 Å². The Balaban J connectivity index is 1.84. The van der Waals surface area contributed by atoms with E-state index in [1.54, 1.807) is 0 Å². The number of allylic oxidation sites excluding steroid dienone is 1. The van der Waals surface area contributed by atoms with E-state index >= 15 is 0 Å². The summed E-state index contributed by atoms with van der Waals surface area (Å²) in [6.07, 6.45) is 8.56. The summed E-state index contributed by atoms with van der Waals surface area (Å²) in [4.78, 5) is 0. The minimum absolute atomic E-state index is 0.129. The average molecular weight is 389 g/mol. The molecule has 1 aliphatic heterocycles. The highest BCUT2D eigenvalue weighted by molar-refractivity contribution is 5.82. The largest absolute Gasteiger partial charge is 0.507 e. The number of aryl methyl sites for hydroxylation is 2. The number of rotatable bonds is 8. The van der Waals surface area contributed by atoms with E-state index in [4.69, 9.17) is 4.74 Å². The smallest absolute Gasteiger partial charge is 0.121 e. The average Bonchev–Trinajstić information content (AvgIpc) is 3.19. The number of hydrogen-bond acceptors (Lipinski definition) is 2. The molecule has 0 aromatic heterocycles. The van der Waals surface area contributed by atoms with Crippen molar-refractivity contribution in [2.24, 2.45) is 0 Å². The molecule has 2 aromatic rings. The highest BCUT2D eigenvalue weighted by Gasteiger charge is 2.22. The Hall–Kier alpha value is -2.58. The number of phenols is 1. The predicted molar refractivity (Wildman–Crippen MR) is 123 cm³/mol. The highest BCUT2D eigenvalue weighted by atomic mass is 16.5. The van der Waals surface area contributed by atoms with Gasteiger partial charge < -0.3 is 9.84 Å². The third-order valence-electron chi connectivity index (χ3n) is 5.58. The number of phenolic OH excluding ortho intramolecular Hbond substituents is 1. The lowest BCUT2D eigenvalue weighted by Crippen LogP contribution is -2.11. The lowest BCUT2D eigenvalue weighted by Gasteiger charge is -2.18. The van der Waals surface area contributed by atoms with Gasteiger partial charge in [0.1, 0.15) is 5.75 Å². The summed E-state index contributed by atoms with van der Waals surface area (Å²) in [6.45, 7) is 11.0. The second-order valence-electron chi connectivity index (χ2n) is 7.91. The monoisotopic (exact) mass is 388 g/mol. The Bertz CT molecular complexity index is 896. The van der Waals surface area contributed by atoms with Gasteiger partial charge in [0, 0.05) is 0 Å². The molecule has 29 heavy (non-hydrogen) atoms. The molecule has 1 heterocycles. The molecule has 1 aliphatic rings. The molecular formula is C27H32O2.